The summed E-state index contributed by atoms with van der Waals surface area (Å²) < 4.78 is 13.7. The van der Waals surface area contributed by atoms with Crippen LogP contribution in [0.4, 0.5) is 15.8 Å². The summed E-state index contributed by atoms with van der Waals surface area (Å²) >= 11 is 1.69. The van der Waals surface area contributed by atoms with Gasteiger partial charge in [0.25, 0.3) is 11.8 Å². The molecule has 0 saturated carbocycles. The first-order valence-corrected chi connectivity index (χ1v) is 10.1. The van der Waals surface area contributed by atoms with Crippen LogP contribution in [0.25, 0.3) is 0 Å². The lowest BCUT2D eigenvalue weighted by atomic mass is 10.1. The van der Waals surface area contributed by atoms with Crippen LogP contribution in [0.2, 0.25) is 0 Å². The normalized spacial score (nSPS) is 13.5. The molecule has 1 aliphatic heterocycles. The first-order chi connectivity index (χ1) is 13.6. The second-order valence-electron chi connectivity index (χ2n) is 6.65. The maximum absolute atomic E-state index is 13.7. The number of anilines is 2. The number of rotatable bonds is 3. The quantitative estimate of drug-likeness (QED) is 0.670. The van der Waals surface area contributed by atoms with Gasteiger partial charge in [0.1, 0.15) is 5.82 Å². The van der Waals surface area contributed by atoms with Crippen LogP contribution in [-0.2, 0) is 6.42 Å². The average Bonchev–Trinajstić information content (AvgIpc) is 3.07. The summed E-state index contributed by atoms with van der Waals surface area (Å²) in [5, 5.41) is 4.69. The minimum atomic E-state index is -0.570. The van der Waals surface area contributed by atoms with Crippen LogP contribution >= 0.6 is 11.3 Å². The average molecular weight is 394 g/mol. The summed E-state index contributed by atoms with van der Waals surface area (Å²) in [5.41, 5.74) is 2.06. The molecule has 2 aromatic carbocycles. The lowest BCUT2D eigenvalue weighted by Gasteiger charge is -2.21. The Morgan fingerprint density at radius 2 is 1.79 bits per heavy atom. The van der Waals surface area contributed by atoms with Gasteiger partial charge in [-0.1, -0.05) is 12.1 Å². The summed E-state index contributed by atoms with van der Waals surface area (Å²) in [6.07, 6.45) is 3.07. The van der Waals surface area contributed by atoms with Crippen LogP contribution in [0, 0.1) is 5.82 Å². The number of nitrogens with zero attached hydrogens (tertiary/aromatic N) is 1. The molecule has 1 aromatic heterocycles. The summed E-state index contributed by atoms with van der Waals surface area (Å²) in [6.45, 7) is 0.703. The van der Waals surface area contributed by atoms with Crippen molar-refractivity contribution in [3.05, 3.63) is 81.8 Å². The number of thiophene rings is 1. The lowest BCUT2D eigenvalue weighted by molar-refractivity contribution is 0.0985. The van der Waals surface area contributed by atoms with E-state index in [4.69, 9.17) is 0 Å². The minimum absolute atomic E-state index is 0.0165. The van der Waals surface area contributed by atoms with Crippen molar-refractivity contribution in [3.63, 3.8) is 0 Å². The number of hydrogen-bond acceptors (Lipinski definition) is 3. The highest BCUT2D eigenvalue weighted by Crippen LogP contribution is 2.32. The molecule has 0 bridgehead atoms. The third-order valence-electron chi connectivity index (χ3n) is 4.80. The van der Waals surface area contributed by atoms with Crippen molar-refractivity contribution in [1.29, 1.82) is 0 Å². The predicted octanol–water partition coefficient (Wildman–Crippen LogP) is 5.12. The van der Waals surface area contributed by atoms with Crippen molar-refractivity contribution < 1.29 is 14.0 Å². The van der Waals surface area contributed by atoms with Gasteiger partial charge in [-0.05, 0) is 67.1 Å². The molecule has 4 nitrogen and oxygen atoms in total. The van der Waals surface area contributed by atoms with Crippen LogP contribution in [0.15, 0.2) is 60.0 Å². The standard InChI is InChI=1S/C22H19FN2O2S/c23-18-6-2-1-5-17(18)21(26)24-16-10-8-15(9-11-16)22(27)25-13-4-3-7-20-19(25)12-14-28-20/h1-2,5-6,8-12,14H,3-4,7,13H2,(H,24,26). The number of aryl methyl sites for hydroxylation is 1. The van der Waals surface area contributed by atoms with Gasteiger partial charge in [0, 0.05) is 22.7 Å². The van der Waals surface area contributed by atoms with E-state index >= 15 is 0 Å². The van der Waals surface area contributed by atoms with Crippen molar-refractivity contribution in [2.24, 2.45) is 0 Å². The maximum atomic E-state index is 13.7. The fraction of sp³-hybridized carbons (Fsp3) is 0.182. The summed E-state index contributed by atoms with van der Waals surface area (Å²) in [4.78, 5) is 28.3. The molecule has 2 amide bonds. The molecule has 0 atom stereocenters. The maximum Gasteiger partial charge on any atom is 0.258 e. The Balaban J connectivity index is 1.50. The highest BCUT2D eigenvalue weighted by Gasteiger charge is 2.23. The SMILES string of the molecule is O=C(Nc1ccc(C(=O)N2CCCCc3sccc32)cc1)c1ccccc1F. The number of carbonyl (C=O) groups excluding carboxylic acids is 2. The van der Waals surface area contributed by atoms with Crippen LogP contribution in [0.1, 0.15) is 38.4 Å². The highest BCUT2D eigenvalue weighted by molar-refractivity contribution is 7.10. The van der Waals surface area contributed by atoms with Gasteiger partial charge in [0.15, 0.2) is 0 Å². The third kappa shape index (κ3) is 3.68. The Hall–Kier alpha value is -2.99. The fourth-order valence-corrected chi connectivity index (χ4v) is 4.27. The molecule has 0 fully saturated rings. The first-order valence-electron chi connectivity index (χ1n) is 9.17. The molecular formula is C22H19FN2O2S. The van der Waals surface area contributed by atoms with Crippen LogP contribution in [0.5, 0.6) is 0 Å². The number of benzene rings is 2. The Labute approximate surface area is 166 Å². The number of fused-ring (bicyclic) bond motifs is 1. The fourth-order valence-electron chi connectivity index (χ4n) is 3.34. The van der Waals surface area contributed by atoms with Gasteiger partial charge in [-0.2, -0.15) is 0 Å². The molecule has 0 radical (unpaired) electrons. The Bertz CT molecular complexity index is 1010. The Morgan fingerprint density at radius 1 is 1.00 bits per heavy atom. The molecule has 0 saturated heterocycles. The van der Waals surface area contributed by atoms with E-state index in [0.717, 1.165) is 24.9 Å². The molecule has 142 valence electrons. The van der Waals surface area contributed by atoms with Gasteiger partial charge in [-0.25, -0.2) is 4.39 Å². The zero-order valence-corrected chi connectivity index (χ0v) is 16.0. The summed E-state index contributed by atoms with van der Waals surface area (Å²) in [6, 6.07) is 14.5. The van der Waals surface area contributed by atoms with Crippen LogP contribution in [-0.4, -0.2) is 18.4 Å². The smallest absolute Gasteiger partial charge is 0.258 e. The van der Waals surface area contributed by atoms with Gasteiger partial charge in [0.05, 0.1) is 11.3 Å². The lowest BCUT2D eigenvalue weighted by Crippen LogP contribution is -2.31. The molecule has 0 unspecified atom stereocenters. The molecule has 3 aromatic rings. The van der Waals surface area contributed by atoms with Crippen molar-refractivity contribution in [1.82, 2.24) is 0 Å². The van der Waals surface area contributed by atoms with Crippen molar-refractivity contribution in [2.75, 3.05) is 16.8 Å². The Morgan fingerprint density at radius 3 is 2.57 bits per heavy atom. The van der Waals surface area contributed by atoms with E-state index in [1.807, 2.05) is 16.3 Å². The van der Waals surface area contributed by atoms with Gasteiger partial charge >= 0.3 is 0 Å². The molecule has 4 rings (SSSR count). The van der Waals surface area contributed by atoms with E-state index in [0.29, 0.717) is 17.8 Å². The van der Waals surface area contributed by atoms with Crippen molar-refractivity contribution in [3.8, 4) is 0 Å². The van der Waals surface area contributed by atoms with E-state index in [1.54, 1.807) is 41.7 Å². The number of hydrogen-bond donors (Lipinski definition) is 1. The number of carbonyl (C=O) groups is 2. The van der Waals surface area contributed by atoms with E-state index in [-0.39, 0.29) is 11.5 Å². The molecule has 2 heterocycles. The minimum Gasteiger partial charge on any atom is -0.322 e. The first kappa shape index (κ1) is 18.4. The predicted molar refractivity (Wildman–Crippen MR) is 110 cm³/mol. The van der Waals surface area contributed by atoms with E-state index < -0.39 is 11.7 Å². The van der Waals surface area contributed by atoms with Gasteiger partial charge in [0.2, 0.25) is 0 Å². The van der Waals surface area contributed by atoms with E-state index in [9.17, 15) is 14.0 Å². The molecule has 6 heteroatoms. The van der Waals surface area contributed by atoms with Crippen LogP contribution < -0.4 is 10.2 Å². The topological polar surface area (TPSA) is 49.4 Å². The summed E-state index contributed by atoms with van der Waals surface area (Å²) in [5.74, 6) is -1.14. The number of halogens is 1. The monoisotopic (exact) mass is 394 g/mol. The van der Waals surface area contributed by atoms with Gasteiger partial charge in [-0.15, -0.1) is 11.3 Å². The number of amides is 2. The summed E-state index contributed by atoms with van der Waals surface area (Å²) in [7, 11) is 0. The second kappa shape index (κ2) is 7.94. The molecule has 0 spiro atoms. The molecule has 28 heavy (non-hydrogen) atoms. The van der Waals surface area contributed by atoms with Crippen molar-refractivity contribution >= 4 is 34.5 Å². The molecule has 1 aliphatic rings. The zero-order chi connectivity index (χ0) is 19.5. The molecular weight excluding hydrogens is 375 g/mol. The van der Waals surface area contributed by atoms with E-state index in [1.165, 1.54) is 23.1 Å². The third-order valence-corrected chi connectivity index (χ3v) is 5.77. The zero-order valence-electron chi connectivity index (χ0n) is 15.2. The Kier molecular flexibility index (Phi) is 5.21. The van der Waals surface area contributed by atoms with Gasteiger partial charge in [-0.3, -0.25) is 9.59 Å². The highest BCUT2D eigenvalue weighted by atomic mass is 32.1. The van der Waals surface area contributed by atoms with E-state index in [2.05, 4.69) is 5.32 Å². The largest absolute Gasteiger partial charge is 0.322 e. The second-order valence-corrected chi connectivity index (χ2v) is 7.65. The molecule has 1 N–H and O–H groups in total. The van der Waals surface area contributed by atoms with Gasteiger partial charge < -0.3 is 10.2 Å². The number of nitrogens with one attached hydrogen (secondary N) is 1. The van der Waals surface area contributed by atoms with Crippen molar-refractivity contribution in [2.45, 2.75) is 19.3 Å². The van der Waals surface area contributed by atoms with Crippen LogP contribution in [0.3, 0.4) is 0 Å². The molecule has 0 aliphatic carbocycles.